The van der Waals surface area contributed by atoms with E-state index in [1.54, 1.807) is 6.20 Å². The van der Waals surface area contributed by atoms with Gasteiger partial charge in [0.15, 0.2) is 5.16 Å². The molecule has 0 aliphatic heterocycles. The summed E-state index contributed by atoms with van der Waals surface area (Å²) in [5.74, 6) is 0.0608. The molecular weight excluding hydrogens is 222 g/mol. The Morgan fingerprint density at radius 2 is 2.25 bits per heavy atom. The summed E-state index contributed by atoms with van der Waals surface area (Å²) in [6.07, 6.45) is 3.69. The predicted octanol–water partition coefficient (Wildman–Crippen LogP) is 1.91. The summed E-state index contributed by atoms with van der Waals surface area (Å²) < 4.78 is 2.03. The highest BCUT2D eigenvalue weighted by molar-refractivity contribution is 8.00. The van der Waals surface area contributed by atoms with Crippen LogP contribution in [-0.2, 0) is 11.3 Å². The average Bonchev–Trinajstić information content (AvgIpc) is 2.64. The van der Waals surface area contributed by atoms with E-state index in [1.165, 1.54) is 11.8 Å². The maximum absolute atomic E-state index is 11.7. The highest BCUT2D eigenvalue weighted by Crippen LogP contribution is 2.21. The lowest BCUT2D eigenvalue weighted by molar-refractivity contribution is -0.120. The predicted molar refractivity (Wildman–Crippen MR) is 66.5 cm³/mol. The van der Waals surface area contributed by atoms with Crippen molar-refractivity contribution in [1.82, 2.24) is 14.9 Å². The van der Waals surface area contributed by atoms with E-state index < -0.39 is 0 Å². The third-order valence-corrected chi connectivity index (χ3v) is 3.22. The molecule has 1 heterocycles. The molecule has 0 aliphatic carbocycles. The van der Waals surface area contributed by atoms with Gasteiger partial charge in [-0.05, 0) is 27.7 Å². The van der Waals surface area contributed by atoms with Crippen LogP contribution in [0.25, 0.3) is 0 Å². The molecule has 1 aromatic heterocycles. The van der Waals surface area contributed by atoms with Crippen molar-refractivity contribution in [2.45, 2.75) is 50.7 Å². The molecular formula is C11H19N3OS. The van der Waals surface area contributed by atoms with Crippen LogP contribution in [0.15, 0.2) is 17.6 Å². The molecule has 0 aliphatic rings. The van der Waals surface area contributed by atoms with E-state index in [0.717, 1.165) is 11.7 Å². The summed E-state index contributed by atoms with van der Waals surface area (Å²) in [5.41, 5.74) is 0. The maximum atomic E-state index is 11.7. The molecule has 0 radical (unpaired) electrons. The maximum Gasteiger partial charge on any atom is 0.233 e. The Morgan fingerprint density at radius 3 is 2.81 bits per heavy atom. The van der Waals surface area contributed by atoms with Crippen LogP contribution in [0, 0.1) is 0 Å². The first-order chi connectivity index (χ1) is 7.54. The molecule has 0 saturated carbocycles. The molecule has 0 aromatic carbocycles. The van der Waals surface area contributed by atoms with E-state index in [4.69, 9.17) is 0 Å². The quantitative estimate of drug-likeness (QED) is 0.801. The number of carbonyl (C=O) groups excluding carboxylic acids is 1. The van der Waals surface area contributed by atoms with Gasteiger partial charge in [-0.25, -0.2) is 4.98 Å². The van der Waals surface area contributed by atoms with Gasteiger partial charge in [0.2, 0.25) is 5.91 Å². The first kappa shape index (κ1) is 13.1. The zero-order valence-corrected chi connectivity index (χ0v) is 11.0. The Labute approximate surface area is 101 Å². The first-order valence-corrected chi connectivity index (χ1v) is 6.40. The Bertz CT molecular complexity index is 349. The average molecular weight is 241 g/mol. The Kier molecular flexibility index (Phi) is 4.86. The van der Waals surface area contributed by atoms with Crippen molar-refractivity contribution < 1.29 is 4.79 Å². The van der Waals surface area contributed by atoms with E-state index in [2.05, 4.69) is 17.2 Å². The smallest absolute Gasteiger partial charge is 0.233 e. The number of amides is 1. The van der Waals surface area contributed by atoms with Crippen LogP contribution < -0.4 is 5.32 Å². The van der Waals surface area contributed by atoms with Gasteiger partial charge in [0, 0.05) is 25.0 Å². The first-order valence-electron chi connectivity index (χ1n) is 5.52. The standard InChI is InChI=1S/C11H19N3OS/c1-5-14-7-6-12-11(14)16-9(4)10(15)13-8(2)3/h6-9H,5H2,1-4H3,(H,13,15). The molecule has 1 amide bonds. The van der Waals surface area contributed by atoms with Crippen molar-refractivity contribution in [1.29, 1.82) is 0 Å². The SMILES string of the molecule is CCn1ccnc1SC(C)C(=O)NC(C)C. The summed E-state index contributed by atoms with van der Waals surface area (Å²) in [6, 6.07) is 0.182. The summed E-state index contributed by atoms with van der Waals surface area (Å²) in [6.45, 7) is 8.76. The molecule has 0 spiro atoms. The van der Waals surface area contributed by atoms with Crippen molar-refractivity contribution in [2.24, 2.45) is 0 Å². The second-order valence-corrected chi connectivity index (χ2v) is 5.23. The lowest BCUT2D eigenvalue weighted by atomic mass is 10.3. The highest BCUT2D eigenvalue weighted by Gasteiger charge is 2.17. The highest BCUT2D eigenvalue weighted by atomic mass is 32.2. The van der Waals surface area contributed by atoms with E-state index in [0.29, 0.717) is 0 Å². The minimum Gasteiger partial charge on any atom is -0.353 e. The molecule has 1 rings (SSSR count). The van der Waals surface area contributed by atoms with Crippen molar-refractivity contribution in [3.63, 3.8) is 0 Å². The zero-order valence-electron chi connectivity index (χ0n) is 10.2. The third-order valence-electron chi connectivity index (χ3n) is 2.10. The van der Waals surface area contributed by atoms with E-state index in [1.807, 2.05) is 31.5 Å². The number of imidazole rings is 1. The van der Waals surface area contributed by atoms with Gasteiger partial charge in [0.1, 0.15) is 0 Å². The van der Waals surface area contributed by atoms with Crippen molar-refractivity contribution in [3.05, 3.63) is 12.4 Å². The van der Waals surface area contributed by atoms with Gasteiger partial charge >= 0.3 is 0 Å². The second-order valence-electron chi connectivity index (χ2n) is 3.92. The summed E-state index contributed by atoms with van der Waals surface area (Å²) in [5, 5.41) is 3.68. The number of hydrogen-bond acceptors (Lipinski definition) is 3. The fourth-order valence-corrected chi connectivity index (χ4v) is 2.21. The van der Waals surface area contributed by atoms with Crippen LogP contribution in [0.4, 0.5) is 0 Å². The molecule has 1 unspecified atom stereocenters. The van der Waals surface area contributed by atoms with Gasteiger partial charge in [-0.1, -0.05) is 11.8 Å². The Balaban J connectivity index is 2.57. The lowest BCUT2D eigenvalue weighted by Gasteiger charge is -2.14. The van der Waals surface area contributed by atoms with Crippen LogP contribution in [-0.4, -0.2) is 26.8 Å². The van der Waals surface area contributed by atoms with E-state index >= 15 is 0 Å². The fraction of sp³-hybridized carbons (Fsp3) is 0.636. The van der Waals surface area contributed by atoms with Crippen LogP contribution in [0.3, 0.4) is 0 Å². The van der Waals surface area contributed by atoms with Crippen molar-refractivity contribution >= 4 is 17.7 Å². The molecule has 1 aromatic rings. The summed E-state index contributed by atoms with van der Waals surface area (Å²) in [4.78, 5) is 15.9. The second kappa shape index (κ2) is 5.94. The van der Waals surface area contributed by atoms with Crippen LogP contribution >= 0.6 is 11.8 Å². The minimum atomic E-state index is -0.116. The number of hydrogen-bond donors (Lipinski definition) is 1. The number of aromatic nitrogens is 2. The number of rotatable bonds is 5. The number of carbonyl (C=O) groups is 1. The molecule has 1 atom stereocenters. The third kappa shape index (κ3) is 3.56. The molecule has 0 fully saturated rings. The molecule has 90 valence electrons. The number of nitrogens with one attached hydrogen (secondary N) is 1. The van der Waals surface area contributed by atoms with Gasteiger partial charge in [0.25, 0.3) is 0 Å². The molecule has 5 heteroatoms. The molecule has 4 nitrogen and oxygen atoms in total. The van der Waals surface area contributed by atoms with E-state index in [-0.39, 0.29) is 17.2 Å². The van der Waals surface area contributed by atoms with Crippen molar-refractivity contribution in [2.75, 3.05) is 0 Å². The molecule has 0 bridgehead atoms. The zero-order chi connectivity index (χ0) is 12.1. The monoisotopic (exact) mass is 241 g/mol. The Hall–Kier alpha value is -0.970. The lowest BCUT2D eigenvalue weighted by Crippen LogP contribution is -2.36. The topological polar surface area (TPSA) is 46.9 Å². The summed E-state index contributed by atoms with van der Waals surface area (Å²) in [7, 11) is 0. The largest absolute Gasteiger partial charge is 0.353 e. The minimum absolute atomic E-state index is 0.0608. The van der Waals surface area contributed by atoms with Gasteiger partial charge < -0.3 is 9.88 Å². The van der Waals surface area contributed by atoms with Gasteiger partial charge in [0.05, 0.1) is 5.25 Å². The fourth-order valence-electron chi connectivity index (χ4n) is 1.27. The van der Waals surface area contributed by atoms with Gasteiger partial charge in [-0.2, -0.15) is 0 Å². The molecule has 16 heavy (non-hydrogen) atoms. The number of thioether (sulfide) groups is 1. The number of nitrogens with zero attached hydrogens (tertiary/aromatic N) is 2. The van der Waals surface area contributed by atoms with Crippen LogP contribution in [0.2, 0.25) is 0 Å². The summed E-state index contributed by atoms with van der Waals surface area (Å²) >= 11 is 1.49. The van der Waals surface area contributed by atoms with Gasteiger partial charge in [-0.15, -0.1) is 0 Å². The van der Waals surface area contributed by atoms with E-state index in [9.17, 15) is 4.79 Å². The normalized spacial score (nSPS) is 12.8. The van der Waals surface area contributed by atoms with Gasteiger partial charge in [-0.3, -0.25) is 4.79 Å². The van der Waals surface area contributed by atoms with Crippen LogP contribution in [0.5, 0.6) is 0 Å². The molecule has 1 N–H and O–H groups in total. The van der Waals surface area contributed by atoms with Crippen LogP contribution in [0.1, 0.15) is 27.7 Å². The Morgan fingerprint density at radius 1 is 1.56 bits per heavy atom. The van der Waals surface area contributed by atoms with Crippen molar-refractivity contribution in [3.8, 4) is 0 Å². The number of aryl methyl sites for hydroxylation is 1. The molecule has 0 saturated heterocycles.